The molecule has 144 valence electrons. The molecule has 11 heteroatoms. The van der Waals surface area contributed by atoms with Crippen molar-refractivity contribution >= 4 is 46.4 Å². The van der Waals surface area contributed by atoms with Crippen LogP contribution in [0.3, 0.4) is 0 Å². The maximum absolute atomic E-state index is 12.3. The molecule has 0 atom stereocenters. The van der Waals surface area contributed by atoms with Gasteiger partial charge in [0.05, 0.1) is 15.5 Å². The number of aromatic nitrogens is 2. The highest BCUT2D eigenvalue weighted by Gasteiger charge is 2.26. The van der Waals surface area contributed by atoms with Gasteiger partial charge in [0.25, 0.3) is 5.91 Å². The Balaban J connectivity index is 2.22. The molecule has 0 aliphatic heterocycles. The fraction of sp³-hybridized carbons (Fsp3) is 0.312. The molecule has 0 aliphatic carbocycles. The Bertz CT molecular complexity index is 849. The normalized spacial score (nSPS) is 10.4. The van der Waals surface area contributed by atoms with Gasteiger partial charge >= 0.3 is 5.69 Å². The van der Waals surface area contributed by atoms with Gasteiger partial charge in [-0.1, -0.05) is 36.5 Å². The fourth-order valence-electron chi connectivity index (χ4n) is 2.27. The summed E-state index contributed by atoms with van der Waals surface area (Å²) in [7, 11) is 1.71. The minimum Gasteiger partial charge on any atom is -0.354 e. The summed E-state index contributed by atoms with van der Waals surface area (Å²) in [6, 6.07) is 4.38. The van der Waals surface area contributed by atoms with E-state index in [-0.39, 0.29) is 27.9 Å². The number of carbonyl (C=O) groups excluding carboxylic acids is 1. The molecule has 0 spiro atoms. The van der Waals surface area contributed by atoms with E-state index in [4.69, 9.17) is 23.2 Å². The Morgan fingerprint density at radius 3 is 2.70 bits per heavy atom. The third kappa shape index (κ3) is 5.18. The molecule has 0 bridgehead atoms. The first-order valence-electron chi connectivity index (χ1n) is 8.07. The van der Waals surface area contributed by atoms with Gasteiger partial charge in [0.15, 0.2) is 0 Å². The number of nitrogens with one attached hydrogen (secondary N) is 2. The van der Waals surface area contributed by atoms with Crippen molar-refractivity contribution in [3.63, 3.8) is 0 Å². The zero-order chi connectivity index (χ0) is 20.0. The summed E-state index contributed by atoms with van der Waals surface area (Å²) < 4.78 is 0. The number of anilines is 2. The van der Waals surface area contributed by atoms with E-state index in [0.29, 0.717) is 11.6 Å². The Morgan fingerprint density at radius 2 is 2.07 bits per heavy atom. The van der Waals surface area contributed by atoms with Crippen molar-refractivity contribution in [3.8, 4) is 0 Å². The first-order chi connectivity index (χ1) is 12.8. The van der Waals surface area contributed by atoms with Gasteiger partial charge in [0, 0.05) is 18.6 Å². The SMILES string of the molecule is CCCCN(C)c1ncnc(NNC(=O)c2ccc(Cl)cc2Cl)c1[N+](=O)[O-]. The highest BCUT2D eigenvalue weighted by Crippen LogP contribution is 2.31. The number of nitro groups is 1. The van der Waals surface area contributed by atoms with E-state index in [1.165, 1.54) is 24.5 Å². The molecule has 0 unspecified atom stereocenters. The van der Waals surface area contributed by atoms with E-state index < -0.39 is 10.8 Å². The van der Waals surface area contributed by atoms with Crippen LogP contribution >= 0.6 is 23.2 Å². The highest BCUT2D eigenvalue weighted by molar-refractivity contribution is 6.36. The third-order valence-electron chi connectivity index (χ3n) is 3.66. The van der Waals surface area contributed by atoms with E-state index in [0.717, 1.165) is 12.8 Å². The van der Waals surface area contributed by atoms with Crippen molar-refractivity contribution in [2.75, 3.05) is 23.9 Å². The number of hydrogen-bond acceptors (Lipinski definition) is 7. The van der Waals surface area contributed by atoms with Crippen LogP contribution in [-0.2, 0) is 0 Å². The Morgan fingerprint density at radius 1 is 1.33 bits per heavy atom. The van der Waals surface area contributed by atoms with Crippen molar-refractivity contribution < 1.29 is 9.72 Å². The Labute approximate surface area is 165 Å². The number of unbranched alkanes of at least 4 members (excludes halogenated alkanes) is 1. The molecule has 1 heterocycles. The summed E-state index contributed by atoms with van der Waals surface area (Å²) in [5, 5.41) is 12.1. The standard InChI is InChI=1S/C16H18Cl2N6O3/c1-3-4-7-23(2)15-13(24(26)27)14(19-9-20-15)21-22-16(25)11-6-5-10(17)8-12(11)18/h5-6,8-9H,3-4,7H2,1-2H3,(H,22,25)(H,19,20,21). The molecule has 0 radical (unpaired) electrons. The number of rotatable bonds is 8. The molecule has 27 heavy (non-hydrogen) atoms. The first-order valence-corrected chi connectivity index (χ1v) is 8.82. The average Bonchev–Trinajstić information content (AvgIpc) is 2.63. The van der Waals surface area contributed by atoms with Crippen molar-refractivity contribution in [2.24, 2.45) is 0 Å². The molecule has 0 saturated heterocycles. The number of amides is 1. The highest BCUT2D eigenvalue weighted by atomic mass is 35.5. The topological polar surface area (TPSA) is 113 Å². The summed E-state index contributed by atoms with van der Waals surface area (Å²) in [4.78, 5) is 32.8. The van der Waals surface area contributed by atoms with Crippen molar-refractivity contribution in [1.82, 2.24) is 15.4 Å². The third-order valence-corrected chi connectivity index (χ3v) is 4.21. The minimum absolute atomic E-state index is 0.133. The Hall–Kier alpha value is -2.65. The number of halogens is 2. The van der Waals surface area contributed by atoms with Gasteiger partial charge in [0.1, 0.15) is 6.33 Å². The second-order valence-corrected chi connectivity index (χ2v) is 6.47. The number of benzene rings is 1. The maximum atomic E-state index is 12.3. The second kappa shape index (κ2) is 9.33. The molecule has 0 aliphatic rings. The maximum Gasteiger partial charge on any atom is 0.355 e. The van der Waals surface area contributed by atoms with Gasteiger partial charge in [-0.15, -0.1) is 0 Å². The summed E-state index contributed by atoms with van der Waals surface area (Å²) in [5.41, 5.74) is 4.65. The van der Waals surface area contributed by atoms with Crippen LogP contribution in [0.2, 0.25) is 10.0 Å². The molecular weight excluding hydrogens is 395 g/mol. The molecular formula is C16H18Cl2N6O3. The lowest BCUT2D eigenvalue weighted by Gasteiger charge is -2.18. The molecule has 1 aromatic heterocycles. The summed E-state index contributed by atoms with van der Waals surface area (Å²) in [6.45, 7) is 2.62. The number of nitrogens with zero attached hydrogens (tertiary/aromatic N) is 4. The average molecular weight is 413 g/mol. The molecule has 0 fully saturated rings. The van der Waals surface area contributed by atoms with Crippen LogP contribution in [0.15, 0.2) is 24.5 Å². The van der Waals surface area contributed by atoms with Crippen LogP contribution in [0.4, 0.5) is 17.3 Å². The van der Waals surface area contributed by atoms with E-state index in [1.54, 1.807) is 11.9 Å². The van der Waals surface area contributed by atoms with Gasteiger partial charge < -0.3 is 4.90 Å². The largest absolute Gasteiger partial charge is 0.355 e. The quantitative estimate of drug-likeness (QED) is 0.501. The number of carbonyl (C=O) groups is 1. The van der Waals surface area contributed by atoms with Gasteiger partial charge in [-0.25, -0.2) is 9.97 Å². The van der Waals surface area contributed by atoms with Crippen LogP contribution in [0.25, 0.3) is 0 Å². The Kier molecular flexibility index (Phi) is 7.14. The van der Waals surface area contributed by atoms with E-state index >= 15 is 0 Å². The van der Waals surface area contributed by atoms with Crippen LogP contribution in [0, 0.1) is 10.1 Å². The van der Waals surface area contributed by atoms with Crippen LogP contribution < -0.4 is 15.8 Å². The second-order valence-electron chi connectivity index (χ2n) is 5.63. The number of hydrazine groups is 1. The molecule has 1 aromatic carbocycles. The van der Waals surface area contributed by atoms with Gasteiger partial charge in [0.2, 0.25) is 11.6 Å². The van der Waals surface area contributed by atoms with Crippen LogP contribution in [0.1, 0.15) is 30.1 Å². The molecule has 9 nitrogen and oxygen atoms in total. The lowest BCUT2D eigenvalue weighted by Crippen LogP contribution is -2.31. The summed E-state index contributed by atoms with van der Waals surface area (Å²) >= 11 is 11.8. The van der Waals surface area contributed by atoms with Crippen molar-refractivity contribution in [2.45, 2.75) is 19.8 Å². The minimum atomic E-state index is -0.596. The molecule has 2 aromatic rings. The van der Waals surface area contributed by atoms with Gasteiger partial charge in [-0.2, -0.15) is 0 Å². The lowest BCUT2D eigenvalue weighted by molar-refractivity contribution is -0.383. The fourth-order valence-corrected chi connectivity index (χ4v) is 2.76. The molecule has 2 rings (SSSR count). The molecule has 1 amide bonds. The van der Waals surface area contributed by atoms with E-state index in [1.807, 2.05) is 6.92 Å². The zero-order valence-corrected chi connectivity index (χ0v) is 16.2. The van der Waals surface area contributed by atoms with Gasteiger partial charge in [-0.3, -0.25) is 25.8 Å². The van der Waals surface area contributed by atoms with Gasteiger partial charge in [-0.05, 0) is 24.6 Å². The van der Waals surface area contributed by atoms with Crippen molar-refractivity contribution in [1.29, 1.82) is 0 Å². The molecule has 2 N–H and O–H groups in total. The number of hydrogen-bond donors (Lipinski definition) is 2. The van der Waals surface area contributed by atoms with Crippen LogP contribution in [0.5, 0.6) is 0 Å². The smallest absolute Gasteiger partial charge is 0.354 e. The predicted octanol–water partition coefficient (Wildman–Crippen LogP) is 3.68. The zero-order valence-electron chi connectivity index (χ0n) is 14.7. The monoisotopic (exact) mass is 412 g/mol. The van der Waals surface area contributed by atoms with E-state index in [2.05, 4.69) is 20.8 Å². The van der Waals surface area contributed by atoms with Crippen molar-refractivity contribution in [3.05, 3.63) is 50.2 Å². The predicted molar refractivity (Wildman–Crippen MR) is 104 cm³/mol. The molecule has 0 saturated carbocycles. The first kappa shape index (κ1) is 20.7. The summed E-state index contributed by atoms with van der Waals surface area (Å²) in [5.74, 6) is -0.568. The van der Waals surface area contributed by atoms with Crippen LogP contribution in [-0.4, -0.2) is 34.4 Å². The lowest BCUT2D eigenvalue weighted by atomic mass is 10.2. The van der Waals surface area contributed by atoms with E-state index in [9.17, 15) is 14.9 Å². The summed E-state index contributed by atoms with van der Waals surface area (Å²) in [6.07, 6.45) is 2.98.